The van der Waals surface area contributed by atoms with Gasteiger partial charge in [-0.1, -0.05) is 29.8 Å². The van der Waals surface area contributed by atoms with Crippen molar-refractivity contribution in [1.82, 2.24) is 0 Å². The molecule has 0 spiro atoms. The molecule has 0 saturated carbocycles. The Kier molecular flexibility index (Phi) is 7.63. The summed E-state index contributed by atoms with van der Waals surface area (Å²) < 4.78 is 18.2. The van der Waals surface area contributed by atoms with Crippen LogP contribution >= 0.6 is 22.6 Å². The molecule has 152 valence electrons. The molecular weight excluding hydrogens is 477 g/mol. The third-order valence-electron chi connectivity index (χ3n) is 4.46. The summed E-state index contributed by atoms with van der Waals surface area (Å²) in [5, 5.41) is 3.44. The number of nitrogens with one attached hydrogen (secondary N) is 1. The summed E-state index contributed by atoms with van der Waals surface area (Å²) in [6.07, 6.45) is 0. The zero-order valence-electron chi connectivity index (χ0n) is 17.0. The average molecular weight is 503 g/mol. The van der Waals surface area contributed by atoms with Crippen molar-refractivity contribution in [1.29, 1.82) is 0 Å². The molecule has 0 unspecified atom stereocenters. The van der Waals surface area contributed by atoms with E-state index in [0.29, 0.717) is 19.8 Å². The van der Waals surface area contributed by atoms with Crippen molar-refractivity contribution >= 4 is 28.3 Å². The second kappa shape index (κ2) is 10.4. The molecule has 29 heavy (non-hydrogen) atoms. The van der Waals surface area contributed by atoms with Crippen LogP contribution < -0.4 is 19.5 Å². The normalized spacial score (nSPS) is 10.5. The minimum atomic E-state index is 0.514. The summed E-state index contributed by atoms with van der Waals surface area (Å²) in [6, 6.07) is 20.5. The Morgan fingerprint density at radius 1 is 0.897 bits per heavy atom. The number of anilines is 1. The Morgan fingerprint density at radius 3 is 2.28 bits per heavy atom. The second-order valence-corrected chi connectivity index (χ2v) is 7.86. The van der Waals surface area contributed by atoms with Crippen molar-refractivity contribution in [3.05, 3.63) is 80.9 Å². The average Bonchev–Trinajstić information content (AvgIpc) is 2.73. The van der Waals surface area contributed by atoms with Crippen molar-refractivity contribution in [3.8, 4) is 17.2 Å². The Hall–Kier alpha value is -2.41. The molecule has 4 nitrogen and oxygen atoms in total. The summed E-state index contributed by atoms with van der Waals surface area (Å²) in [5.41, 5.74) is 4.56. The quantitative estimate of drug-likeness (QED) is 0.353. The lowest BCUT2D eigenvalue weighted by atomic mass is 10.1. The number of hydrogen-bond acceptors (Lipinski definition) is 4. The van der Waals surface area contributed by atoms with Crippen molar-refractivity contribution in [2.75, 3.05) is 19.0 Å². The van der Waals surface area contributed by atoms with Gasteiger partial charge in [-0.15, -0.1) is 0 Å². The number of aryl methyl sites for hydroxylation is 1. The fourth-order valence-corrected chi connectivity index (χ4v) is 3.70. The van der Waals surface area contributed by atoms with Crippen LogP contribution in [0.25, 0.3) is 0 Å². The lowest BCUT2D eigenvalue weighted by Gasteiger charge is -2.16. The molecule has 5 heteroatoms. The van der Waals surface area contributed by atoms with Gasteiger partial charge in [0.1, 0.15) is 12.4 Å². The van der Waals surface area contributed by atoms with Gasteiger partial charge in [0.25, 0.3) is 0 Å². The maximum absolute atomic E-state index is 6.12. The van der Waals surface area contributed by atoms with Crippen LogP contribution in [0.2, 0.25) is 0 Å². The number of methoxy groups -OCH3 is 1. The monoisotopic (exact) mass is 503 g/mol. The zero-order valence-corrected chi connectivity index (χ0v) is 19.2. The predicted molar refractivity (Wildman–Crippen MR) is 126 cm³/mol. The maximum Gasteiger partial charge on any atom is 0.174 e. The first-order valence-electron chi connectivity index (χ1n) is 9.60. The van der Waals surface area contributed by atoms with Gasteiger partial charge in [-0.05, 0) is 84.0 Å². The molecule has 3 rings (SSSR count). The molecule has 0 radical (unpaired) electrons. The van der Waals surface area contributed by atoms with Gasteiger partial charge in [-0.25, -0.2) is 0 Å². The smallest absolute Gasteiger partial charge is 0.174 e. The topological polar surface area (TPSA) is 39.7 Å². The van der Waals surface area contributed by atoms with Crippen LogP contribution in [0.1, 0.15) is 23.6 Å². The molecule has 3 aromatic rings. The van der Waals surface area contributed by atoms with Gasteiger partial charge in [-0.3, -0.25) is 0 Å². The lowest BCUT2D eigenvalue weighted by molar-refractivity contribution is 0.267. The van der Waals surface area contributed by atoms with Crippen molar-refractivity contribution in [3.63, 3.8) is 0 Å². The molecule has 0 amide bonds. The second-order valence-electron chi connectivity index (χ2n) is 6.69. The Balaban J connectivity index is 1.71. The molecule has 0 aromatic heterocycles. The minimum Gasteiger partial charge on any atom is -0.497 e. The van der Waals surface area contributed by atoms with E-state index in [1.165, 1.54) is 5.56 Å². The van der Waals surface area contributed by atoms with E-state index in [9.17, 15) is 0 Å². The van der Waals surface area contributed by atoms with E-state index < -0.39 is 0 Å². The Labute approximate surface area is 186 Å². The van der Waals surface area contributed by atoms with Gasteiger partial charge >= 0.3 is 0 Å². The minimum absolute atomic E-state index is 0.514. The van der Waals surface area contributed by atoms with Crippen molar-refractivity contribution < 1.29 is 14.2 Å². The van der Waals surface area contributed by atoms with Gasteiger partial charge in [0.05, 0.1) is 17.3 Å². The molecule has 0 aliphatic carbocycles. The summed E-state index contributed by atoms with van der Waals surface area (Å²) in [4.78, 5) is 0. The number of rotatable bonds is 9. The van der Waals surface area contributed by atoms with E-state index in [4.69, 9.17) is 14.2 Å². The van der Waals surface area contributed by atoms with Crippen LogP contribution in [-0.4, -0.2) is 13.7 Å². The highest BCUT2D eigenvalue weighted by Crippen LogP contribution is 2.35. The van der Waals surface area contributed by atoms with E-state index >= 15 is 0 Å². The zero-order chi connectivity index (χ0) is 20.6. The Bertz CT molecular complexity index is 924. The third kappa shape index (κ3) is 6.03. The summed E-state index contributed by atoms with van der Waals surface area (Å²) in [7, 11) is 1.67. The maximum atomic E-state index is 6.12. The lowest BCUT2D eigenvalue weighted by Crippen LogP contribution is -2.05. The van der Waals surface area contributed by atoms with E-state index in [1.54, 1.807) is 7.11 Å². The molecule has 1 N–H and O–H groups in total. The van der Waals surface area contributed by atoms with Crippen LogP contribution in [-0.2, 0) is 13.2 Å². The molecule has 0 heterocycles. The number of ether oxygens (including phenoxy) is 3. The van der Waals surface area contributed by atoms with Crippen LogP contribution in [0.5, 0.6) is 17.2 Å². The molecule has 0 atom stereocenters. The van der Waals surface area contributed by atoms with Gasteiger partial charge in [0.2, 0.25) is 0 Å². The van der Waals surface area contributed by atoms with Crippen molar-refractivity contribution in [2.24, 2.45) is 0 Å². The van der Waals surface area contributed by atoms with E-state index in [0.717, 1.165) is 37.6 Å². The van der Waals surface area contributed by atoms with Crippen LogP contribution in [0.4, 0.5) is 5.69 Å². The third-order valence-corrected chi connectivity index (χ3v) is 5.26. The fraction of sp³-hybridized carbons (Fsp3) is 0.250. The molecule has 0 saturated heterocycles. The van der Waals surface area contributed by atoms with Gasteiger partial charge < -0.3 is 19.5 Å². The summed E-state index contributed by atoms with van der Waals surface area (Å²) >= 11 is 2.31. The molecule has 0 fully saturated rings. The van der Waals surface area contributed by atoms with Crippen LogP contribution in [0.15, 0.2) is 60.7 Å². The predicted octanol–water partition coefficient (Wildman–Crippen LogP) is 6.20. The number of benzene rings is 3. The SMILES string of the molecule is CCOc1cc(CNc2ccc(OC)cc2)cc(I)c1OCc1ccc(C)cc1. The van der Waals surface area contributed by atoms with Crippen molar-refractivity contribution in [2.45, 2.75) is 27.0 Å². The molecule has 3 aromatic carbocycles. The number of halogens is 1. The highest BCUT2D eigenvalue weighted by molar-refractivity contribution is 14.1. The number of hydrogen-bond donors (Lipinski definition) is 1. The Morgan fingerprint density at radius 2 is 1.62 bits per heavy atom. The molecule has 0 aliphatic rings. The van der Waals surface area contributed by atoms with E-state index in [2.05, 4.69) is 65.2 Å². The van der Waals surface area contributed by atoms with Gasteiger partial charge in [0, 0.05) is 12.2 Å². The summed E-state index contributed by atoms with van der Waals surface area (Å²) in [5.74, 6) is 2.41. The first-order chi connectivity index (χ1) is 14.1. The first kappa shape index (κ1) is 21.3. The molecular formula is C24H26INO3. The van der Waals surface area contributed by atoms with Gasteiger partial charge in [0.15, 0.2) is 11.5 Å². The van der Waals surface area contributed by atoms with Gasteiger partial charge in [-0.2, -0.15) is 0 Å². The fourth-order valence-electron chi connectivity index (χ4n) is 2.88. The van der Waals surface area contributed by atoms with E-state index in [-0.39, 0.29) is 0 Å². The largest absolute Gasteiger partial charge is 0.497 e. The molecule has 0 bridgehead atoms. The van der Waals surface area contributed by atoms with Crippen LogP contribution in [0, 0.1) is 10.5 Å². The standard InChI is InChI=1S/C24H26INO3/c1-4-28-23-14-19(15-26-20-9-11-21(27-3)12-10-20)13-22(25)24(23)29-16-18-7-5-17(2)6-8-18/h5-14,26H,4,15-16H2,1-3H3. The van der Waals surface area contributed by atoms with E-state index in [1.807, 2.05) is 37.3 Å². The highest BCUT2D eigenvalue weighted by atomic mass is 127. The molecule has 0 aliphatic heterocycles. The first-order valence-corrected chi connectivity index (χ1v) is 10.7. The summed E-state index contributed by atoms with van der Waals surface area (Å²) in [6.45, 7) is 5.87. The van der Waals surface area contributed by atoms with Crippen LogP contribution in [0.3, 0.4) is 0 Å². The highest BCUT2D eigenvalue weighted by Gasteiger charge is 2.13.